The monoisotopic (exact) mass is 897 g/mol. The number of nitrogens with one attached hydrogen (secondary N) is 1. The van der Waals surface area contributed by atoms with Crippen molar-refractivity contribution in [1.29, 1.82) is 0 Å². The summed E-state index contributed by atoms with van der Waals surface area (Å²) in [7, 11) is 2.68. The number of ether oxygens (including phenoxy) is 5. The number of carbonyl (C=O) groups excluding carboxylic acids is 3. The number of nitrogens with two attached hydrogens (primary N) is 1. The van der Waals surface area contributed by atoms with Gasteiger partial charge in [-0.05, 0) is 25.8 Å². The van der Waals surface area contributed by atoms with Crippen LogP contribution in [0.25, 0.3) is 0 Å². The molecule has 12 unspecified atom stereocenters. The fourth-order valence-electron chi connectivity index (χ4n) is 8.57. The molecular weight excluding hydrogens is 830 g/mol. The Morgan fingerprint density at radius 1 is 0.905 bits per heavy atom. The van der Waals surface area contributed by atoms with Gasteiger partial charge in [-0.15, -0.1) is 0 Å². The summed E-state index contributed by atoms with van der Waals surface area (Å²) in [4.78, 5) is 94.1. The minimum Gasteiger partial charge on any atom is -0.481 e. The molecule has 0 bridgehead atoms. The molecule has 3 aliphatic rings. The molecule has 21 nitrogen and oxygen atoms in total. The smallest absolute Gasteiger partial charge is 0.330 e. The molecular formula is C42H67N5O16. The molecule has 1 aromatic heterocycles. The zero-order valence-electron chi connectivity index (χ0n) is 36.7. The van der Waals surface area contributed by atoms with Gasteiger partial charge >= 0.3 is 29.6 Å². The maximum Gasteiger partial charge on any atom is 0.330 e. The average Bonchev–Trinajstić information content (AvgIpc) is 3.73. The third-order valence-electron chi connectivity index (χ3n) is 11.9. The Balaban J connectivity index is 1.55. The van der Waals surface area contributed by atoms with Gasteiger partial charge in [0.05, 0.1) is 24.7 Å². The van der Waals surface area contributed by atoms with Crippen molar-refractivity contribution in [1.82, 2.24) is 19.4 Å². The zero-order chi connectivity index (χ0) is 46.4. The van der Waals surface area contributed by atoms with Crippen LogP contribution in [-0.4, -0.2) is 158 Å². The van der Waals surface area contributed by atoms with E-state index in [-0.39, 0.29) is 38.8 Å². The molecule has 0 saturated carbocycles. The highest BCUT2D eigenvalue weighted by atomic mass is 16.7. The third kappa shape index (κ3) is 14.9. The number of unbranched alkanes of at least 4 members (excludes halogenated alkanes) is 8. The van der Waals surface area contributed by atoms with Crippen molar-refractivity contribution in [3.05, 3.63) is 33.1 Å². The van der Waals surface area contributed by atoms with E-state index in [9.17, 15) is 48.9 Å². The highest BCUT2D eigenvalue weighted by Gasteiger charge is 2.54. The Kier molecular flexibility index (Phi) is 20.2. The number of esters is 2. The van der Waals surface area contributed by atoms with Crippen molar-refractivity contribution in [3.63, 3.8) is 0 Å². The topological polar surface area (TPSA) is 300 Å². The van der Waals surface area contributed by atoms with Crippen molar-refractivity contribution >= 4 is 29.8 Å². The van der Waals surface area contributed by atoms with Crippen LogP contribution >= 0.6 is 0 Å². The molecule has 1 aromatic rings. The van der Waals surface area contributed by atoms with Gasteiger partial charge in [-0.2, -0.15) is 0 Å². The van der Waals surface area contributed by atoms with Crippen LogP contribution in [0.5, 0.6) is 0 Å². The molecule has 21 heteroatoms. The summed E-state index contributed by atoms with van der Waals surface area (Å²) >= 11 is 0. The number of nitrogens with zero attached hydrogens (tertiary/aromatic N) is 3. The van der Waals surface area contributed by atoms with Gasteiger partial charge in [0.1, 0.15) is 36.7 Å². The Morgan fingerprint density at radius 3 is 2.17 bits per heavy atom. The standard InChI is InChI=1S/C42H67N5O16/c1-5-6-7-8-9-10-11-12-13-14-25(59-33(53)18-24(2)17-32(51)52)19-34(54)60-29-23-45(3)37(40(55)46(4)36(29)41(56)57)39(63-35-21-26(48)28(22-43)61-35)38-27(49)20-31(62-38)47-16-15-30(50)44-42(47)58/h15-16,24-29,31,35-39,48-49H,5-14,17-23,43H2,1-4H3,(H,51,52)(H,56,57)(H,44,50,58). The minimum atomic E-state index is -1.72. The van der Waals surface area contributed by atoms with E-state index >= 15 is 0 Å². The fraction of sp³-hybridized carbons (Fsp3) is 0.786. The summed E-state index contributed by atoms with van der Waals surface area (Å²) in [5.74, 6) is -5.50. The number of H-pyrrole nitrogens is 1. The van der Waals surface area contributed by atoms with Crippen LogP contribution in [0.3, 0.4) is 0 Å². The van der Waals surface area contributed by atoms with Crippen molar-refractivity contribution in [3.8, 4) is 0 Å². The maximum atomic E-state index is 14.5. The molecule has 1 amide bonds. The predicted molar refractivity (Wildman–Crippen MR) is 222 cm³/mol. The Hall–Kier alpha value is -4.25. The molecule has 0 aromatic carbocycles. The first-order chi connectivity index (χ1) is 29.9. The molecule has 4 heterocycles. The van der Waals surface area contributed by atoms with Crippen LogP contribution in [0.2, 0.25) is 0 Å². The van der Waals surface area contributed by atoms with E-state index in [4.69, 9.17) is 34.5 Å². The lowest BCUT2D eigenvalue weighted by atomic mass is 9.98. The van der Waals surface area contributed by atoms with Crippen molar-refractivity contribution < 1.29 is 68.1 Å². The molecule has 4 rings (SSSR count). The first-order valence-corrected chi connectivity index (χ1v) is 22.1. The number of aliphatic hydroxyl groups excluding tert-OH is 2. The normalized spacial score (nSPS) is 28.0. The predicted octanol–water partition coefficient (Wildman–Crippen LogP) is 0.866. The maximum absolute atomic E-state index is 14.5. The van der Waals surface area contributed by atoms with Gasteiger partial charge in [0.15, 0.2) is 12.3 Å². The number of aliphatic hydroxyl groups is 2. The van der Waals surface area contributed by atoms with Gasteiger partial charge in [0.25, 0.3) is 5.56 Å². The Bertz CT molecular complexity index is 1790. The number of aliphatic carboxylic acids is 2. The first kappa shape index (κ1) is 51.4. The Morgan fingerprint density at radius 2 is 1.57 bits per heavy atom. The van der Waals surface area contributed by atoms with Crippen LogP contribution in [0.4, 0.5) is 0 Å². The van der Waals surface area contributed by atoms with Gasteiger partial charge in [0.2, 0.25) is 5.91 Å². The second-order valence-corrected chi connectivity index (χ2v) is 17.1. The second-order valence-electron chi connectivity index (χ2n) is 17.1. The van der Waals surface area contributed by atoms with Crippen molar-refractivity contribution in [2.75, 3.05) is 27.2 Å². The first-order valence-electron chi connectivity index (χ1n) is 22.1. The molecule has 12 atom stereocenters. The number of hydrogen-bond donors (Lipinski definition) is 6. The summed E-state index contributed by atoms with van der Waals surface area (Å²) in [5, 5.41) is 41.6. The quantitative estimate of drug-likeness (QED) is 0.0586. The van der Waals surface area contributed by atoms with E-state index < -0.39 is 121 Å². The number of amides is 1. The van der Waals surface area contributed by atoms with E-state index in [0.717, 1.165) is 54.1 Å². The minimum absolute atomic E-state index is 0.0626. The third-order valence-corrected chi connectivity index (χ3v) is 11.9. The number of aromatic nitrogens is 2. The molecule has 3 saturated heterocycles. The molecule has 0 spiro atoms. The number of carboxylic acids is 2. The molecule has 63 heavy (non-hydrogen) atoms. The van der Waals surface area contributed by atoms with E-state index in [2.05, 4.69) is 11.9 Å². The van der Waals surface area contributed by atoms with Crippen LogP contribution in [-0.2, 0) is 47.7 Å². The number of carbonyl (C=O) groups is 5. The van der Waals surface area contributed by atoms with E-state index in [1.54, 1.807) is 6.92 Å². The lowest BCUT2D eigenvalue weighted by molar-refractivity contribution is -0.215. The summed E-state index contributed by atoms with van der Waals surface area (Å²) in [5.41, 5.74) is 4.29. The highest BCUT2D eigenvalue weighted by Crippen LogP contribution is 2.36. The van der Waals surface area contributed by atoms with E-state index in [1.165, 1.54) is 38.0 Å². The highest BCUT2D eigenvalue weighted by molar-refractivity contribution is 5.88. The van der Waals surface area contributed by atoms with Gasteiger partial charge in [0, 0.05) is 58.1 Å². The van der Waals surface area contributed by atoms with Crippen LogP contribution in [0.1, 0.15) is 116 Å². The van der Waals surface area contributed by atoms with Gasteiger partial charge < -0.3 is 54.7 Å². The van der Waals surface area contributed by atoms with E-state index in [0.29, 0.717) is 12.8 Å². The molecule has 0 radical (unpaired) electrons. The number of aromatic amines is 1. The number of rotatable bonds is 25. The molecule has 356 valence electrons. The van der Waals surface area contributed by atoms with Crippen molar-refractivity contribution in [2.45, 2.75) is 177 Å². The lowest BCUT2D eigenvalue weighted by Gasteiger charge is -2.38. The number of likely N-dealkylation sites (N-methyl/N-ethyl adjacent to an activating group) is 2. The summed E-state index contributed by atoms with van der Waals surface area (Å²) in [6.45, 7) is 3.34. The SMILES string of the molecule is CCCCCCCCCCCC(CC(=O)OC1CN(C)C(C(OC2CC(O)C(CN)O2)C2OC(n3ccc(=O)[nH]c3=O)CC2O)C(=O)N(C)C1C(=O)O)OC(=O)CC(C)CC(=O)O. The zero-order valence-corrected chi connectivity index (χ0v) is 36.7. The molecule has 3 aliphatic heterocycles. The Labute approximate surface area is 366 Å². The largest absolute Gasteiger partial charge is 0.481 e. The number of hydrogen-bond acceptors (Lipinski definition) is 16. The summed E-state index contributed by atoms with van der Waals surface area (Å²) in [6, 6.07) is -2.06. The van der Waals surface area contributed by atoms with Crippen LogP contribution in [0, 0.1) is 5.92 Å². The van der Waals surface area contributed by atoms with Gasteiger partial charge in [-0.25, -0.2) is 9.59 Å². The number of carboxylic acid groups (broad SMARTS) is 2. The second kappa shape index (κ2) is 24.7. The molecule has 0 aliphatic carbocycles. The van der Waals surface area contributed by atoms with Crippen molar-refractivity contribution in [2.24, 2.45) is 11.7 Å². The van der Waals surface area contributed by atoms with E-state index in [1.807, 2.05) is 0 Å². The van der Waals surface area contributed by atoms with Crippen LogP contribution < -0.4 is 17.0 Å². The molecule has 7 N–H and O–H groups in total. The summed E-state index contributed by atoms with van der Waals surface area (Å²) < 4.78 is 30.9. The fourth-order valence-corrected chi connectivity index (χ4v) is 8.57. The average molecular weight is 898 g/mol. The summed E-state index contributed by atoms with van der Waals surface area (Å²) in [6.07, 6.45) is -1.21. The van der Waals surface area contributed by atoms with Gasteiger partial charge in [-0.3, -0.25) is 38.4 Å². The van der Waals surface area contributed by atoms with Gasteiger partial charge in [-0.1, -0.05) is 65.2 Å². The molecule has 3 fully saturated rings. The van der Waals surface area contributed by atoms with Crippen LogP contribution in [0.15, 0.2) is 21.9 Å². The lowest BCUT2D eigenvalue weighted by Crippen LogP contribution is -2.58.